The Hall–Kier alpha value is -4.68. The van der Waals surface area contributed by atoms with Crippen LogP contribution in [0.3, 0.4) is 0 Å². The predicted octanol–water partition coefficient (Wildman–Crippen LogP) is 10.3. The highest BCUT2D eigenvalue weighted by Gasteiger charge is 2.11. The molecule has 0 heterocycles. The maximum absolute atomic E-state index is 2.33. The molecule has 6 aromatic carbocycles. The Morgan fingerprint density at radius 2 is 0.541 bits per heavy atom. The third-order valence-electron chi connectivity index (χ3n) is 6.87. The molecule has 37 heavy (non-hydrogen) atoms. The molecule has 0 nitrogen and oxygen atoms in total. The molecule has 0 aliphatic rings. The fourth-order valence-corrected chi connectivity index (χ4v) is 4.97. The smallest absolute Gasteiger partial charge is 0.0171 e. The number of hydrogen-bond donors (Lipinski definition) is 0. The van der Waals surface area contributed by atoms with Crippen LogP contribution in [0.2, 0.25) is 0 Å². The zero-order chi connectivity index (χ0) is 25.0. The van der Waals surface area contributed by atoms with E-state index in [4.69, 9.17) is 0 Å². The van der Waals surface area contributed by atoms with E-state index < -0.39 is 0 Å². The summed E-state index contributed by atoms with van der Waals surface area (Å²) in [5.41, 5.74) is 13.5. The van der Waals surface area contributed by atoms with E-state index in [2.05, 4.69) is 159 Å². The average molecular weight is 473 g/mol. The Morgan fingerprint density at radius 3 is 0.892 bits per heavy atom. The van der Waals surface area contributed by atoms with Gasteiger partial charge in [0.25, 0.3) is 0 Å². The van der Waals surface area contributed by atoms with Gasteiger partial charge in [-0.3, -0.25) is 0 Å². The SMILES string of the molecule is Cc1cccc(-c2cc(-c3ccccc3)cc(-c3cc(-c4ccccc4)cc(-c4ccccc4)c3)c2)c1. The van der Waals surface area contributed by atoms with E-state index in [0.29, 0.717) is 0 Å². The molecule has 0 unspecified atom stereocenters. The minimum absolute atomic E-state index is 1.21. The van der Waals surface area contributed by atoms with Crippen molar-refractivity contribution in [1.82, 2.24) is 0 Å². The van der Waals surface area contributed by atoms with Gasteiger partial charge in [-0.2, -0.15) is 0 Å². The van der Waals surface area contributed by atoms with Crippen LogP contribution >= 0.6 is 0 Å². The maximum atomic E-state index is 2.33. The zero-order valence-electron chi connectivity index (χ0n) is 20.9. The van der Waals surface area contributed by atoms with E-state index in [-0.39, 0.29) is 0 Å². The first-order valence-corrected chi connectivity index (χ1v) is 12.8. The van der Waals surface area contributed by atoms with E-state index in [0.717, 1.165) is 0 Å². The Balaban J connectivity index is 1.59. The van der Waals surface area contributed by atoms with Crippen LogP contribution in [-0.4, -0.2) is 0 Å². The first kappa shape index (κ1) is 22.8. The number of aryl methyl sites for hydroxylation is 1. The second-order valence-electron chi connectivity index (χ2n) is 9.57. The van der Waals surface area contributed by atoms with Gasteiger partial charge in [0.1, 0.15) is 0 Å². The van der Waals surface area contributed by atoms with Crippen LogP contribution < -0.4 is 0 Å². The molecule has 0 amide bonds. The fourth-order valence-electron chi connectivity index (χ4n) is 4.97. The lowest BCUT2D eigenvalue weighted by Crippen LogP contribution is -1.89. The summed E-state index contributed by atoms with van der Waals surface area (Å²) in [6, 6.07) is 54.7. The molecule has 0 saturated carbocycles. The van der Waals surface area contributed by atoms with Crippen LogP contribution in [-0.2, 0) is 0 Å². The summed E-state index contributed by atoms with van der Waals surface area (Å²) in [5, 5.41) is 0. The van der Waals surface area contributed by atoms with Crippen LogP contribution in [0.15, 0.2) is 152 Å². The van der Waals surface area contributed by atoms with Crippen LogP contribution in [0.4, 0.5) is 0 Å². The van der Waals surface area contributed by atoms with Gasteiger partial charge in [0, 0.05) is 0 Å². The number of hydrogen-bond acceptors (Lipinski definition) is 0. The van der Waals surface area contributed by atoms with Crippen molar-refractivity contribution in [2.75, 3.05) is 0 Å². The summed E-state index contributed by atoms with van der Waals surface area (Å²) in [7, 11) is 0. The summed E-state index contributed by atoms with van der Waals surface area (Å²) in [4.78, 5) is 0. The molecule has 6 rings (SSSR count). The predicted molar refractivity (Wildman–Crippen MR) is 158 cm³/mol. The Kier molecular flexibility index (Phi) is 6.23. The van der Waals surface area contributed by atoms with Crippen LogP contribution in [0, 0.1) is 6.92 Å². The number of benzene rings is 6. The van der Waals surface area contributed by atoms with E-state index in [1.807, 2.05) is 0 Å². The largest absolute Gasteiger partial charge is 0.0622 e. The van der Waals surface area contributed by atoms with Crippen LogP contribution in [0.5, 0.6) is 0 Å². The van der Waals surface area contributed by atoms with Crippen molar-refractivity contribution in [3.05, 3.63) is 157 Å². The maximum Gasteiger partial charge on any atom is -0.0171 e. The molecule has 0 bridgehead atoms. The van der Waals surface area contributed by atoms with E-state index >= 15 is 0 Å². The average Bonchev–Trinajstić information content (AvgIpc) is 2.98. The van der Waals surface area contributed by atoms with Gasteiger partial charge in [0.15, 0.2) is 0 Å². The Morgan fingerprint density at radius 1 is 0.243 bits per heavy atom. The second-order valence-corrected chi connectivity index (χ2v) is 9.57. The van der Waals surface area contributed by atoms with Crippen molar-refractivity contribution in [3.8, 4) is 55.6 Å². The van der Waals surface area contributed by atoms with Gasteiger partial charge < -0.3 is 0 Å². The van der Waals surface area contributed by atoms with E-state index in [1.54, 1.807) is 0 Å². The van der Waals surface area contributed by atoms with E-state index in [1.165, 1.54) is 61.2 Å². The second kappa shape index (κ2) is 10.1. The standard InChI is InChI=1S/C37H28/c1-27-12-11-19-31(20-27)35-22-34(30-17-9-4-10-18-30)25-37(26-35)36-23-32(28-13-5-2-6-14-28)21-33(24-36)29-15-7-3-8-16-29/h2-26H,1H3. The first-order valence-electron chi connectivity index (χ1n) is 12.8. The van der Waals surface area contributed by atoms with Crippen molar-refractivity contribution < 1.29 is 0 Å². The van der Waals surface area contributed by atoms with Gasteiger partial charge in [-0.05, 0) is 99.0 Å². The molecular formula is C37H28. The molecule has 0 saturated heterocycles. The van der Waals surface area contributed by atoms with Crippen LogP contribution in [0.1, 0.15) is 5.56 Å². The van der Waals surface area contributed by atoms with Gasteiger partial charge in [-0.15, -0.1) is 0 Å². The van der Waals surface area contributed by atoms with Gasteiger partial charge >= 0.3 is 0 Å². The third kappa shape index (κ3) is 5.01. The van der Waals surface area contributed by atoms with Crippen molar-refractivity contribution in [2.45, 2.75) is 6.92 Å². The van der Waals surface area contributed by atoms with Gasteiger partial charge in [-0.25, -0.2) is 0 Å². The minimum atomic E-state index is 1.21. The molecule has 176 valence electrons. The Bertz CT molecular complexity index is 1590. The lowest BCUT2D eigenvalue weighted by molar-refractivity contribution is 1.46. The molecule has 0 aliphatic heterocycles. The summed E-state index contributed by atoms with van der Waals surface area (Å²) in [5.74, 6) is 0. The highest BCUT2D eigenvalue weighted by molar-refractivity contribution is 5.86. The summed E-state index contributed by atoms with van der Waals surface area (Å²) < 4.78 is 0. The van der Waals surface area contributed by atoms with Crippen LogP contribution in [0.25, 0.3) is 55.6 Å². The summed E-state index contributed by atoms with van der Waals surface area (Å²) >= 11 is 0. The summed E-state index contributed by atoms with van der Waals surface area (Å²) in [6.07, 6.45) is 0. The zero-order valence-corrected chi connectivity index (χ0v) is 20.9. The quantitative estimate of drug-likeness (QED) is 0.234. The normalized spacial score (nSPS) is 10.8. The number of rotatable bonds is 5. The van der Waals surface area contributed by atoms with Crippen molar-refractivity contribution in [2.24, 2.45) is 0 Å². The molecule has 0 aromatic heterocycles. The minimum Gasteiger partial charge on any atom is -0.0622 e. The molecular weight excluding hydrogens is 444 g/mol. The lowest BCUT2D eigenvalue weighted by atomic mass is 9.90. The lowest BCUT2D eigenvalue weighted by Gasteiger charge is -2.15. The summed E-state index contributed by atoms with van der Waals surface area (Å²) in [6.45, 7) is 2.15. The van der Waals surface area contributed by atoms with Gasteiger partial charge in [0.2, 0.25) is 0 Å². The Labute approximate surface area is 219 Å². The molecule has 0 atom stereocenters. The molecule has 0 N–H and O–H groups in total. The van der Waals surface area contributed by atoms with E-state index in [9.17, 15) is 0 Å². The highest BCUT2D eigenvalue weighted by atomic mass is 14.2. The molecule has 0 radical (unpaired) electrons. The molecule has 0 fully saturated rings. The molecule has 0 spiro atoms. The monoisotopic (exact) mass is 472 g/mol. The highest BCUT2D eigenvalue weighted by Crippen LogP contribution is 2.37. The topological polar surface area (TPSA) is 0 Å². The van der Waals surface area contributed by atoms with Crippen molar-refractivity contribution in [1.29, 1.82) is 0 Å². The van der Waals surface area contributed by atoms with Gasteiger partial charge in [-0.1, -0.05) is 121 Å². The third-order valence-corrected chi connectivity index (χ3v) is 6.87. The first-order chi connectivity index (χ1) is 18.2. The molecule has 0 heteroatoms. The molecule has 6 aromatic rings. The van der Waals surface area contributed by atoms with Gasteiger partial charge in [0.05, 0.1) is 0 Å². The van der Waals surface area contributed by atoms with Crippen molar-refractivity contribution >= 4 is 0 Å². The molecule has 0 aliphatic carbocycles. The van der Waals surface area contributed by atoms with Crippen molar-refractivity contribution in [3.63, 3.8) is 0 Å². The fraction of sp³-hybridized carbons (Fsp3) is 0.0270.